The number of hydrogen-bond donors (Lipinski definition) is 0. The van der Waals surface area contributed by atoms with E-state index in [1.165, 1.54) is 63.2 Å². The highest BCUT2D eigenvalue weighted by atomic mass is 31.2. The molecule has 0 aromatic carbocycles. The number of amides is 2. The van der Waals surface area contributed by atoms with Crippen molar-refractivity contribution in [2.45, 2.75) is 121 Å². The summed E-state index contributed by atoms with van der Waals surface area (Å²) in [5, 5.41) is 0. The van der Waals surface area contributed by atoms with Gasteiger partial charge >= 0.3 is 0 Å². The highest BCUT2D eigenvalue weighted by molar-refractivity contribution is 7.75. The second kappa shape index (κ2) is 22.8. The van der Waals surface area contributed by atoms with E-state index >= 15 is 0 Å². The zero-order chi connectivity index (χ0) is 31.4. The van der Waals surface area contributed by atoms with Gasteiger partial charge in [-0.05, 0) is 49.4 Å². The number of rotatable bonds is 25. The molecule has 0 saturated heterocycles. The summed E-state index contributed by atoms with van der Waals surface area (Å²) < 4.78 is 0. The molecule has 5 nitrogen and oxygen atoms in total. The Hall–Kier alpha value is -0.670. The first-order chi connectivity index (χ1) is 19.3. The van der Waals surface area contributed by atoms with Crippen LogP contribution in [0.3, 0.4) is 0 Å². The highest BCUT2D eigenvalue weighted by Gasteiger charge is 2.35. The molecular weight excluding hydrogens is 525 g/mol. The molecule has 0 unspecified atom stereocenters. The van der Waals surface area contributed by atoms with Crippen LogP contribution in [0.4, 0.5) is 0 Å². The molecule has 0 fully saturated rings. The maximum absolute atomic E-state index is 13.7. The van der Waals surface area contributed by atoms with E-state index in [9.17, 15) is 9.59 Å². The third kappa shape index (κ3) is 19.3. The molecule has 0 N–H and O–H groups in total. The fourth-order valence-electron chi connectivity index (χ4n) is 5.90. The molecule has 6 heteroatoms. The predicted molar refractivity (Wildman–Crippen MR) is 185 cm³/mol. The number of carbonyl (C=O) groups is 2. The van der Waals surface area contributed by atoms with E-state index in [0.717, 1.165) is 39.1 Å². The summed E-state index contributed by atoms with van der Waals surface area (Å²) in [6.07, 6.45) is 14.6. The van der Waals surface area contributed by atoms with E-state index in [0.29, 0.717) is 36.8 Å². The minimum absolute atomic E-state index is 0.184. The zero-order valence-corrected chi connectivity index (χ0v) is 30.5. The Kier molecular flexibility index (Phi) is 22.4. The molecule has 0 aliphatic rings. The van der Waals surface area contributed by atoms with Crippen LogP contribution in [-0.2, 0) is 9.59 Å². The van der Waals surface area contributed by atoms with Gasteiger partial charge in [0, 0.05) is 40.0 Å². The maximum Gasteiger partial charge on any atom is 0.236 e. The van der Waals surface area contributed by atoms with Gasteiger partial charge < -0.3 is 9.80 Å². The van der Waals surface area contributed by atoms with Crippen LogP contribution in [-0.4, -0.2) is 97.0 Å². The summed E-state index contributed by atoms with van der Waals surface area (Å²) in [5.41, 5.74) is 0. The van der Waals surface area contributed by atoms with Gasteiger partial charge in [-0.2, -0.15) is 0 Å². The summed E-state index contributed by atoms with van der Waals surface area (Å²) in [6, 6.07) is 0. The van der Waals surface area contributed by atoms with E-state index < -0.39 is 7.26 Å². The molecule has 244 valence electrons. The summed E-state index contributed by atoms with van der Waals surface area (Å²) >= 11 is 0. The fraction of sp³-hybridized carbons (Fsp3) is 0.943. The molecule has 2 amide bonds. The van der Waals surface area contributed by atoms with E-state index in [4.69, 9.17) is 0 Å². The smallest absolute Gasteiger partial charge is 0.236 e. The standard InChI is InChI=1S/C35H73N3O2P/c1-12-15-20-41(21-16-13-2,22-17-14-3)23-18-19-36(28-34(39)37(24-30(4)5)25-31(6)7)29-35(40)38(26-32(8)9)27-33(10)11/h30-33H,12-29H2,1-11H3/q+1. The molecule has 0 aromatic rings. The second-order valence-corrected chi connectivity index (χ2v) is 19.0. The Bertz CT molecular complexity index is 601. The maximum atomic E-state index is 13.7. The lowest BCUT2D eigenvalue weighted by Gasteiger charge is -2.33. The highest BCUT2D eigenvalue weighted by Crippen LogP contribution is 2.61. The van der Waals surface area contributed by atoms with Crippen molar-refractivity contribution in [2.24, 2.45) is 23.7 Å². The summed E-state index contributed by atoms with van der Waals surface area (Å²) in [7, 11) is -1.00. The molecule has 0 heterocycles. The van der Waals surface area contributed by atoms with Crippen molar-refractivity contribution < 1.29 is 9.59 Å². The van der Waals surface area contributed by atoms with Gasteiger partial charge in [0.25, 0.3) is 0 Å². The number of carbonyl (C=O) groups excluding carboxylic acids is 2. The van der Waals surface area contributed by atoms with Crippen molar-refractivity contribution in [3.63, 3.8) is 0 Å². The van der Waals surface area contributed by atoms with Crippen LogP contribution in [0, 0.1) is 23.7 Å². The Morgan fingerprint density at radius 2 is 0.805 bits per heavy atom. The van der Waals surface area contributed by atoms with Crippen LogP contribution >= 0.6 is 7.26 Å². The fourth-order valence-corrected chi connectivity index (χ4v) is 11.0. The van der Waals surface area contributed by atoms with Crippen molar-refractivity contribution in [1.82, 2.24) is 14.7 Å². The third-order valence-electron chi connectivity index (χ3n) is 7.83. The van der Waals surface area contributed by atoms with Gasteiger partial charge in [-0.1, -0.05) is 95.4 Å². The van der Waals surface area contributed by atoms with Crippen LogP contribution in [0.15, 0.2) is 0 Å². The number of unbranched alkanes of at least 4 members (excludes halogenated alkanes) is 3. The topological polar surface area (TPSA) is 43.9 Å². The van der Waals surface area contributed by atoms with Crippen LogP contribution in [0.5, 0.6) is 0 Å². The van der Waals surface area contributed by atoms with Gasteiger partial charge in [-0.25, -0.2) is 0 Å². The van der Waals surface area contributed by atoms with Gasteiger partial charge in [0.15, 0.2) is 0 Å². The van der Waals surface area contributed by atoms with Crippen LogP contribution in [0.2, 0.25) is 0 Å². The molecule has 0 aliphatic carbocycles. The third-order valence-corrected chi connectivity index (χ3v) is 12.9. The minimum Gasteiger partial charge on any atom is -0.341 e. The van der Waals surface area contributed by atoms with Crippen molar-refractivity contribution in [1.29, 1.82) is 0 Å². The first-order valence-electron chi connectivity index (χ1n) is 17.4. The first-order valence-corrected chi connectivity index (χ1v) is 19.9. The van der Waals surface area contributed by atoms with Crippen molar-refractivity contribution in [2.75, 3.05) is 70.5 Å². The lowest BCUT2D eigenvalue weighted by atomic mass is 10.1. The molecule has 0 spiro atoms. The quantitative estimate of drug-likeness (QED) is 0.0992. The van der Waals surface area contributed by atoms with E-state index in [-0.39, 0.29) is 11.8 Å². The number of hydrogen-bond acceptors (Lipinski definition) is 3. The first kappa shape index (κ1) is 40.3. The predicted octanol–water partition coefficient (Wildman–Crippen LogP) is 8.38. The van der Waals surface area contributed by atoms with Gasteiger partial charge in [-0.15, -0.1) is 0 Å². The summed E-state index contributed by atoms with van der Waals surface area (Å²) in [6.45, 7) is 29.1. The molecule has 0 bridgehead atoms. The molecular formula is C35H73N3O2P+. The zero-order valence-electron chi connectivity index (χ0n) is 29.6. The van der Waals surface area contributed by atoms with Crippen molar-refractivity contribution in [3.8, 4) is 0 Å². The van der Waals surface area contributed by atoms with E-state index in [2.05, 4.69) is 81.1 Å². The average Bonchev–Trinajstić information content (AvgIpc) is 2.87. The van der Waals surface area contributed by atoms with Crippen molar-refractivity contribution in [3.05, 3.63) is 0 Å². The minimum atomic E-state index is -1.00. The summed E-state index contributed by atoms with van der Waals surface area (Å²) in [5.74, 6) is 2.10. The second-order valence-electron chi connectivity index (χ2n) is 14.5. The van der Waals surface area contributed by atoms with E-state index in [1.54, 1.807) is 0 Å². The lowest BCUT2D eigenvalue weighted by molar-refractivity contribution is -0.137. The molecule has 0 rings (SSSR count). The summed E-state index contributed by atoms with van der Waals surface area (Å²) in [4.78, 5) is 33.7. The average molecular weight is 599 g/mol. The SMILES string of the molecule is CCCC[P+](CCCC)(CCCC)CCCN(CC(=O)N(CC(C)C)CC(C)C)CC(=O)N(CC(C)C)CC(C)C. The largest absolute Gasteiger partial charge is 0.341 e. The van der Waals surface area contributed by atoms with Gasteiger partial charge in [-0.3, -0.25) is 14.5 Å². The molecule has 0 atom stereocenters. The molecule has 0 saturated carbocycles. The van der Waals surface area contributed by atoms with Gasteiger partial charge in [0.2, 0.25) is 11.8 Å². The lowest BCUT2D eigenvalue weighted by Crippen LogP contribution is -2.48. The Balaban J connectivity index is 5.92. The van der Waals surface area contributed by atoms with Crippen LogP contribution in [0.1, 0.15) is 121 Å². The monoisotopic (exact) mass is 599 g/mol. The van der Waals surface area contributed by atoms with Crippen LogP contribution < -0.4 is 0 Å². The molecule has 0 aliphatic heterocycles. The van der Waals surface area contributed by atoms with Gasteiger partial charge in [0.05, 0.1) is 37.7 Å². The normalized spacial score (nSPS) is 12.4. The Labute approximate surface area is 258 Å². The van der Waals surface area contributed by atoms with E-state index in [1.807, 2.05) is 9.80 Å². The molecule has 41 heavy (non-hydrogen) atoms. The van der Waals surface area contributed by atoms with Crippen molar-refractivity contribution >= 4 is 19.1 Å². The number of nitrogens with zero attached hydrogens (tertiary/aromatic N) is 3. The van der Waals surface area contributed by atoms with Crippen LogP contribution in [0.25, 0.3) is 0 Å². The van der Waals surface area contributed by atoms with Gasteiger partial charge in [0.1, 0.15) is 0 Å². The molecule has 0 radical (unpaired) electrons. The Morgan fingerprint density at radius 3 is 1.07 bits per heavy atom. The Morgan fingerprint density at radius 1 is 0.512 bits per heavy atom. The molecule has 0 aromatic heterocycles.